The van der Waals surface area contributed by atoms with Crippen molar-refractivity contribution in [3.63, 3.8) is 0 Å². The average Bonchev–Trinajstić information content (AvgIpc) is 2.73. The van der Waals surface area contributed by atoms with E-state index in [1.165, 1.54) is 0 Å². The molecule has 0 amide bonds. The number of nitrogens with zero attached hydrogens (tertiary/aromatic N) is 2. The molecule has 2 atom stereocenters. The predicted molar refractivity (Wildman–Crippen MR) is 96.3 cm³/mol. The van der Waals surface area contributed by atoms with Crippen molar-refractivity contribution >= 4 is 11.8 Å². The monoisotopic (exact) mass is 586 g/mol. The van der Waals surface area contributed by atoms with E-state index in [4.69, 9.17) is 19.5 Å². The summed E-state index contributed by atoms with van der Waals surface area (Å²) in [5.41, 5.74) is -0.439. The fraction of sp³-hybridized carbons (Fsp3) is 0.895. The van der Waals surface area contributed by atoms with Crippen molar-refractivity contribution in [1.29, 1.82) is 0 Å². The first-order valence-corrected chi connectivity index (χ1v) is 8.64. The molecule has 2 aliphatic rings. The zero-order valence-electron chi connectivity index (χ0n) is 17.6. The SMILES string of the molecule is CC(C)(C)[C@H]1N=C(CC2=N[C@H](C(C)(C)C)C(C)(C)O2)OC1(C)C.[Br-].[Br-].[Pd+2]. The van der Waals surface area contributed by atoms with Crippen LogP contribution in [0.3, 0.4) is 0 Å². The number of rotatable bonds is 2. The van der Waals surface area contributed by atoms with Crippen LogP contribution < -0.4 is 34.0 Å². The fourth-order valence-corrected chi connectivity index (χ4v) is 4.14. The van der Waals surface area contributed by atoms with Crippen LogP contribution in [0, 0.1) is 10.8 Å². The van der Waals surface area contributed by atoms with Gasteiger partial charge in [-0.25, -0.2) is 9.98 Å². The molecule has 156 valence electrons. The Morgan fingerprint density at radius 1 is 0.731 bits per heavy atom. The molecule has 0 spiro atoms. The molecule has 2 aliphatic heterocycles. The predicted octanol–water partition coefficient (Wildman–Crippen LogP) is -1.37. The second kappa shape index (κ2) is 8.93. The Kier molecular flexibility index (Phi) is 9.88. The van der Waals surface area contributed by atoms with Crippen LogP contribution in [0.4, 0.5) is 0 Å². The number of hydrogen-bond acceptors (Lipinski definition) is 4. The third-order valence-electron chi connectivity index (χ3n) is 4.57. The smallest absolute Gasteiger partial charge is 1.00 e. The molecular formula is C19H34Br2N2O2Pd. The van der Waals surface area contributed by atoms with E-state index in [1.54, 1.807) is 0 Å². The summed E-state index contributed by atoms with van der Waals surface area (Å²) >= 11 is 0. The van der Waals surface area contributed by atoms with Crippen molar-refractivity contribution in [1.82, 2.24) is 0 Å². The molecule has 0 N–H and O–H groups in total. The van der Waals surface area contributed by atoms with Crippen molar-refractivity contribution in [3.8, 4) is 0 Å². The first-order chi connectivity index (χ1) is 10.1. The van der Waals surface area contributed by atoms with E-state index in [0.29, 0.717) is 6.42 Å². The fourth-order valence-electron chi connectivity index (χ4n) is 4.14. The zero-order valence-corrected chi connectivity index (χ0v) is 22.4. The van der Waals surface area contributed by atoms with Crippen LogP contribution >= 0.6 is 0 Å². The number of hydrogen-bond donors (Lipinski definition) is 0. The molecule has 0 radical (unpaired) electrons. The molecule has 0 aromatic heterocycles. The Bertz CT molecular complexity index is 499. The van der Waals surface area contributed by atoms with Crippen LogP contribution in [-0.4, -0.2) is 35.1 Å². The Hall–Kier alpha value is 0.562. The average molecular weight is 589 g/mol. The van der Waals surface area contributed by atoms with Gasteiger partial charge in [-0.3, -0.25) is 0 Å². The minimum atomic E-state index is -0.286. The van der Waals surface area contributed by atoms with Crippen molar-refractivity contribution in [2.45, 2.75) is 98.9 Å². The summed E-state index contributed by atoms with van der Waals surface area (Å²) in [4.78, 5) is 9.69. The molecule has 2 rings (SSSR count). The van der Waals surface area contributed by atoms with Gasteiger partial charge in [0.15, 0.2) is 11.8 Å². The summed E-state index contributed by atoms with van der Waals surface area (Å²) in [6.45, 7) is 21.7. The molecule has 0 bridgehead atoms. The molecule has 0 aliphatic carbocycles. The molecule has 0 saturated heterocycles. The van der Waals surface area contributed by atoms with Gasteiger partial charge in [0.1, 0.15) is 11.2 Å². The Morgan fingerprint density at radius 3 is 1.19 bits per heavy atom. The van der Waals surface area contributed by atoms with Crippen LogP contribution in [0.2, 0.25) is 0 Å². The van der Waals surface area contributed by atoms with Gasteiger partial charge in [0.2, 0.25) is 0 Å². The molecule has 0 fully saturated rings. The Labute approximate surface area is 194 Å². The van der Waals surface area contributed by atoms with Gasteiger partial charge in [0.25, 0.3) is 0 Å². The summed E-state index contributed by atoms with van der Waals surface area (Å²) < 4.78 is 12.3. The maximum Gasteiger partial charge on any atom is 2.00 e. The molecule has 0 aromatic rings. The molecule has 0 aromatic carbocycles. The van der Waals surface area contributed by atoms with Crippen molar-refractivity contribution in [2.75, 3.05) is 0 Å². The van der Waals surface area contributed by atoms with Crippen LogP contribution in [-0.2, 0) is 29.9 Å². The van der Waals surface area contributed by atoms with Gasteiger partial charge in [0.05, 0.1) is 18.5 Å². The first-order valence-electron chi connectivity index (χ1n) is 8.64. The second-order valence-electron chi connectivity index (χ2n) is 10.2. The minimum Gasteiger partial charge on any atom is -1.00 e. The summed E-state index contributed by atoms with van der Waals surface area (Å²) in [7, 11) is 0. The van der Waals surface area contributed by atoms with Crippen molar-refractivity contribution in [3.05, 3.63) is 0 Å². The van der Waals surface area contributed by atoms with Crippen molar-refractivity contribution in [2.24, 2.45) is 20.8 Å². The van der Waals surface area contributed by atoms with E-state index in [0.717, 1.165) is 11.8 Å². The van der Waals surface area contributed by atoms with Gasteiger partial charge in [-0.05, 0) is 38.5 Å². The van der Waals surface area contributed by atoms with Gasteiger partial charge in [-0.2, -0.15) is 0 Å². The van der Waals surface area contributed by atoms with Crippen molar-refractivity contribution < 1.29 is 63.9 Å². The maximum atomic E-state index is 6.13. The molecule has 0 unspecified atom stereocenters. The number of ether oxygens (including phenoxy) is 2. The van der Waals surface area contributed by atoms with Gasteiger partial charge in [-0.15, -0.1) is 0 Å². The van der Waals surface area contributed by atoms with Crippen LogP contribution in [0.5, 0.6) is 0 Å². The molecular weight excluding hydrogens is 554 g/mol. The largest absolute Gasteiger partial charge is 2.00 e. The normalized spacial score (nSPS) is 26.2. The summed E-state index contributed by atoms with van der Waals surface area (Å²) in [6.07, 6.45) is 0.548. The van der Waals surface area contributed by atoms with E-state index in [2.05, 4.69) is 69.2 Å². The third-order valence-corrected chi connectivity index (χ3v) is 4.57. The first kappa shape index (κ1) is 28.8. The van der Waals surface area contributed by atoms with Gasteiger partial charge < -0.3 is 43.4 Å². The second-order valence-corrected chi connectivity index (χ2v) is 10.2. The Balaban J connectivity index is 0. The van der Waals surface area contributed by atoms with Crippen LogP contribution in [0.25, 0.3) is 0 Å². The standard InChI is InChI=1S/C19H34N2O2.2BrH.Pd/c1-16(2,3)14-18(7,8)22-12(20-14)11-13-21-15(17(4,5)6)19(9,10)23-13;;;/h14-15H,11H2,1-10H3;2*1H;/q;;;+2/p-2/t14-,15-;;;/m1.../s1. The van der Waals surface area contributed by atoms with Crippen LogP contribution in [0.1, 0.15) is 75.7 Å². The van der Waals surface area contributed by atoms with E-state index < -0.39 is 0 Å². The topological polar surface area (TPSA) is 43.2 Å². The van der Waals surface area contributed by atoms with E-state index >= 15 is 0 Å². The summed E-state index contributed by atoms with van der Waals surface area (Å²) in [5.74, 6) is 1.50. The van der Waals surface area contributed by atoms with Gasteiger partial charge >= 0.3 is 20.4 Å². The van der Waals surface area contributed by atoms with Gasteiger partial charge in [-0.1, -0.05) is 41.5 Å². The quantitative estimate of drug-likeness (QED) is 0.374. The van der Waals surface area contributed by atoms with Crippen LogP contribution in [0.15, 0.2) is 9.98 Å². The zero-order chi connectivity index (χ0) is 17.8. The molecule has 26 heavy (non-hydrogen) atoms. The number of halogens is 2. The molecule has 7 heteroatoms. The molecule has 2 heterocycles. The Morgan fingerprint density at radius 2 is 1.00 bits per heavy atom. The van der Waals surface area contributed by atoms with Gasteiger partial charge in [0, 0.05) is 0 Å². The minimum absolute atomic E-state index is 0. The molecule has 0 saturated carbocycles. The third kappa shape index (κ3) is 6.29. The van der Waals surface area contributed by atoms with E-state index in [9.17, 15) is 0 Å². The van der Waals surface area contributed by atoms with E-state index in [-0.39, 0.29) is 88.5 Å². The number of aliphatic imine (C=N–C) groups is 2. The maximum absolute atomic E-state index is 6.13. The van der Waals surface area contributed by atoms with E-state index in [1.807, 2.05) is 0 Å². The summed E-state index contributed by atoms with van der Waals surface area (Å²) in [6, 6.07) is 0.275. The summed E-state index contributed by atoms with van der Waals surface area (Å²) in [5, 5.41) is 0. The molecule has 4 nitrogen and oxygen atoms in total.